The van der Waals surface area contributed by atoms with Crippen molar-refractivity contribution in [3.8, 4) is 0 Å². The van der Waals surface area contributed by atoms with Crippen LogP contribution in [0.15, 0.2) is 24.3 Å². The Morgan fingerprint density at radius 3 is 1.00 bits per heavy atom. The molecular weight excluding hydrogens is 582 g/mol. The molecule has 2 unspecified atom stereocenters. The van der Waals surface area contributed by atoms with E-state index < -0.39 is 12.2 Å². The van der Waals surface area contributed by atoms with Crippen molar-refractivity contribution < 1.29 is 19.7 Å². The van der Waals surface area contributed by atoms with Gasteiger partial charge in [0.15, 0.2) is 0 Å². The topological polar surface area (TPSA) is 71.0 Å². The van der Waals surface area contributed by atoms with Gasteiger partial charge in [0.25, 0.3) is 0 Å². The van der Waals surface area contributed by atoms with Crippen molar-refractivity contribution in [3.63, 3.8) is 0 Å². The van der Waals surface area contributed by atoms with E-state index in [4.69, 9.17) is 9.47 Å². The first kappa shape index (κ1) is 46.3. The monoisotopic (exact) mass is 666 g/mol. The summed E-state index contributed by atoms with van der Waals surface area (Å²) in [6.45, 7) is 7.53. The minimum absolute atomic E-state index is 0.348. The van der Waals surface area contributed by atoms with Crippen LogP contribution < -0.4 is 5.32 Å². The molecule has 2 atom stereocenters. The summed E-state index contributed by atoms with van der Waals surface area (Å²) in [5.74, 6) is 0. The average molecular weight is 666 g/mol. The van der Waals surface area contributed by atoms with Crippen molar-refractivity contribution in [2.75, 3.05) is 39.5 Å². The molecule has 0 amide bonds. The molecule has 0 aromatic rings. The van der Waals surface area contributed by atoms with Gasteiger partial charge in [-0.05, 0) is 64.2 Å². The van der Waals surface area contributed by atoms with Crippen LogP contribution in [0.25, 0.3) is 0 Å². The van der Waals surface area contributed by atoms with Crippen LogP contribution in [0.1, 0.15) is 194 Å². The molecule has 0 aromatic carbocycles. The van der Waals surface area contributed by atoms with Gasteiger partial charge in [-0.3, -0.25) is 0 Å². The van der Waals surface area contributed by atoms with E-state index in [0.717, 1.165) is 12.8 Å². The van der Waals surface area contributed by atoms with Gasteiger partial charge in [0.05, 0.1) is 25.4 Å². The van der Waals surface area contributed by atoms with Crippen LogP contribution in [0.5, 0.6) is 0 Å². The van der Waals surface area contributed by atoms with E-state index in [-0.39, 0.29) is 0 Å². The number of ether oxygens (including phenoxy) is 2. The van der Waals surface area contributed by atoms with Crippen LogP contribution in [0.3, 0.4) is 0 Å². The summed E-state index contributed by atoms with van der Waals surface area (Å²) in [6, 6.07) is 0. The van der Waals surface area contributed by atoms with E-state index in [1.807, 2.05) is 0 Å². The molecule has 0 heterocycles. The van der Waals surface area contributed by atoms with Gasteiger partial charge in [-0.1, -0.05) is 154 Å². The first-order chi connectivity index (χ1) is 23.2. The molecule has 0 spiro atoms. The molecular formula is C42H83NO4. The Labute approximate surface area is 294 Å². The summed E-state index contributed by atoms with van der Waals surface area (Å²) < 4.78 is 11.3. The van der Waals surface area contributed by atoms with Crippen LogP contribution in [-0.2, 0) is 9.47 Å². The molecule has 3 N–H and O–H groups in total. The Bertz CT molecular complexity index is 574. The molecule has 280 valence electrons. The third kappa shape index (κ3) is 41.4. The second-order valence-electron chi connectivity index (χ2n) is 14.0. The van der Waals surface area contributed by atoms with Crippen LogP contribution >= 0.6 is 0 Å². The lowest BCUT2D eigenvalue weighted by molar-refractivity contribution is 0.0225. The number of aliphatic hydroxyl groups excluding tert-OH is 2. The van der Waals surface area contributed by atoms with Crippen molar-refractivity contribution in [1.82, 2.24) is 5.32 Å². The summed E-state index contributed by atoms with van der Waals surface area (Å²) in [7, 11) is 0. The summed E-state index contributed by atoms with van der Waals surface area (Å²) >= 11 is 0. The average Bonchev–Trinajstić information content (AvgIpc) is 3.07. The van der Waals surface area contributed by atoms with Crippen LogP contribution in [0.4, 0.5) is 0 Å². The minimum atomic E-state index is -0.543. The van der Waals surface area contributed by atoms with Crippen molar-refractivity contribution >= 4 is 0 Å². The standard InChI is InChI=1S/C42H83NO4/c1-3-5-7-9-11-13-15-17-19-21-23-25-27-29-31-33-35-46-39-41(44)37-43-38-42(45)40-47-36-34-32-30-28-26-24-22-20-18-16-14-12-10-8-6-4-2/h17-20,41-45H,3-16,21-40H2,1-2H3. The van der Waals surface area contributed by atoms with Crippen LogP contribution in [-0.4, -0.2) is 61.9 Å². The van der Waals surface area contributed by atoms with E-state index in [9.17, 15) is 10.2 Å². The molecule has 0 bridgehead atoms. The third-order valence-corrected chi connectivity index (χ3v) is 8.98. The molecule has 0 saturated heterocycles. The van der Waals surface area contributed by atoms with Crippen molar-refractivity contribution in [1.29, 1.82) is 0 Å². The molecule has 0 saturated carbocycles. The summed E-state index contributed by atoms with van der Waals surface area (Å²) in [5.41, 5.74) is 0. The number of nitrogens with one attached hydrogen (secondary N) is 1. The SMILES string of the molecule is CCCCCCCCC=CCCCCCCCCOCC(O)CNCC(O)COCCCCCCCCC=CCCCCCCCC. The summed E-state index contributed by atoms with van der Waals surface area (Å²) in [6.07, 6.45) is 44.9. The van der Waals surface area contributed by atoms with Crippen LogP contribution in [0, 0.1) is 0 Å². The third-order valence-electron chi connectivity index (χ3n) is 8.98. The van der Waals surface area contributed by atoms with E-state index >= 15 is 0 Å². The highest BCUT2D eigenvalue weighted by Gasteiger charge is 2.07. The fraction of sp³-hybridized carbons (Fsp3) is 0.905. The van der Waals surface area contributed by atoms with E-state index in [0.29, 0.717) is 39.5 Å². The fourth-order valence-corrected chi connectivity index (χ4v) is 5.88. The maximum absolute atomic E-state index is 10.1. The maximum atomic E-state index is 10.1. The molecule has 0 aromatic heterocycles. The first-order valence-corrected chi connectivity index (χ1v) is 20.7. The van der Waals surface area contributed by atoms with Crippen LogP contribution in [0.2, 0.25) is 0 Å². The molecule has 5 nitrogen and oxygen atoms in total. The molecule has 0 aliphatic heterocycles. The summed E-state index contributed by atoms with van der Waals surface area (Å²) in [4.78, 5) is 0. The Morgan fingerprint density at radius 2 is 0.681 bits per heavy atom. The quantitative estimate of drug-likeness (QED) is 0.0449. The Morgan fingerprint density at radius 1 is 0.404 bits per heavy atom. The van der Waals surface area contributed by atoms with Gasteiger partial charge in [0.1, 0.15) is 0 Å². The lowest BCUT2D eigenvalue weighted by Gasteiger charge is -2.15. The van der Waals surface area contributed by atoms with E-state index in [2.05, 4.69) is 43.5 Å². The zero-order valence-electron chi connectivity index (χ0n) is 31.7. The number of aliphatic hydroxyl groups is 2. The molecule has 0 radical (unpaired) electrons. The van der Waals surface area contributed by atoms with Crippen molar-refractivity contribution in [2.24, 2.45) is 0 Å². The second-order valence-corrected chi connectivity index (χ2v) is 14.0. The fourth-order valence-electron chi connectivity index (χ4n) is 5.88. The largest absolute Gasteiger partial charge is 0.389 e. The number of unbranched alkanes of at least 4 members (excludes halogenated alkanes) is 24. The van der Waals surface area contributed by atoms with Gasteiger partial charge in [-0.25, -0.2) is 0 Å². The first-order valence-electron chi connectivity index (χ1n) is 20.7. The molecule has 0 fully saturated rings. The molecule has 5 heteroatoms. The maximum Gasteiger partial charge on any atom is 0.0897 e. The highest BCUT2D eigenvalue weighted by atomic mass is 16.5. The van der Waals surface area contributed by atoms with Gasteiger partial charge in [0, 0.05) is 26.3 Å². The summed E-state index contributed by atoms with van der Waals surface area (Å²) in [5, 5.41) is 23.4. The zero-order chi connectivity index (χ0) is 34.1. The van der Waals surface area contributed by atoms with Gasteiger partial charge in [0.2, 0.25) is 0 Å². The number of hydrogen-bond donors (Lipinski definition) is 3. The van der Waals surface area contributed by atoms with Crippen molar-refractivity contribution in [2.45, 2.75) is 206 Å². The van der Waals surface area contributed by atoms with Gasteiger partial charge < -0.3 is 25.0 Å². The zero-order valence-corrected chi connectivity index (χ0v) is 31.7. The van der Waals surface area contributed by atoms with E-state index in [1.165, 1.54) is 167 Å². The Kier molecular flexibility index (Phi) is 40.8. The lowest BCUT2D eigenvalue weighted by atomic mass is 10.1. The van der Waals surface area contributed by atoms with Crippen molar-refractivity contribution in [3.05, 3.63) is 24.3 Å². The molecule has 47 heavy (non-hydrogen) atoms. The van der Waals surface area contributed by atoms with E-state index in [1.54, 1.807) is 0 Å². The minimum Gasteiger partial charge on any atom is -0.389 e. The van der Waals surface area contributed by atoms with Gasteiger partial charge in [-0.2, -0.15) is 0 Å². The smallest absolute Gasteiger partial charge is 0.0897 e. The molecule has 0 aliphatic carbocycles. The normalized spacial score (nSPS) is 13.4. The molecule has 0 rings (SSSR count). The highest BCUT2D eigenvalue weighted by Crippen LogP contribution is 2.11. The lowest BCUT2D eigenvalue weighted by Crippen LogP contribution is -2.37. The number of rotatable bonds is 40. The Balaban J connectivity index is 3.30. The van der Waals surface area contributed by atoms with Gasteiger partial charge >= 0.3 is 0 Å². The number of hydrogen-bond acceptors (Lipinski definition) is 5. The Hall–Kier alpha value is -0.720. The number of allylic oxidation sites excluding steroid dienone is 4. The second kappa shape index (κ2) is 41.5. The predicted molar refractivity (Wildman–Crippen MR) is 205 cm³/mol. The van der Waals surface area contributed by atoms with Gasteiger partial charge in [-0.15, -0.1) is 0 Å². The predicted octanol–water partition coefficient (Wildman–Crippen LogP) is 11.4. The molecule has 0 aliphatic rings. The highest BCUT2D eigenvalue weighted by molar-refractivity contribution is 4.82.